The lowest BCUT2D eigenvalue weighted by Gasteiger charge is -2.23. The largest absolute Gasteiger partial charge is 0.443 e. The number of carbonyl (C=O) groups is 2. The summed E-state index contributed by atoms with van der Waals surface area (Å²) >= 11 is 1.68. The van der Waals surface area contributed by atoms with Crippen LogP contribution in [0, 0.1) is 6.92 Å². The predicted octanol–water partition coefficient (Wildman–Crippen LogP) is 3.31. The second-order valence-corrected chi connectivity index (χ2v) is 7.15. The van der Waals surface area contributed by atoms with Gasteiger partial charge in [-0.15, -0.1) is 11.3 Å². The second-order valence-electron chi connectivity index (χ2n) is 5.83. The van der Waals surface area contributed by atoms with Crippen LogP contribution in [0.5, 0.6) is 0 Å². The van der Waals surface area contributed by atoms with Crippen molar-refractivity contribution in [3.05, 3.63) is 21.9 Å². The Bertz CT molecular complexity index is 501. The van der Waals surface area contributed by atoms with Gasteiger partial charge in [-0.25, -0.2) is 9.69 Å². The topological polar surface area (TPSA) is 46.6 Å². The fourth-order valence-electron chi connectivity index (χ4n) is 2.06. The van der Waals surface area contributed by atoms with Crippen molar-refractivity contribution >= 4 is 23.3 Å². The third kappa shape index (κ3) is 3.35. The van der Waals surface area contributed by atoms with E-state index in [1.54, 1.807) is 32.1 Å². The van der Waals surface area contributed by atoms with Gasteiger partial charge in [0.25, 0.3) is 0 Å². The fourth-order valence-corrected chi connectivity index (χ4v) is 3.03. The summed E-state index contributed by atoms with van der Waals surface area (Å²) in [5.74, 6) is -0.0379. The molecule has 5 heteroatoms. The first-order valence-electron chi connectivity index (χ1n) is 6.36. The van der Waals surface area contributed by atoms with Crippen LogP contribution >= 0.6 is 11.3 Å². The number of hydrogen-bond donors (Lipinski definition) is 0. The van der Waals surface area contributed by atoms with Crippen LogP contribution in [0.4, 0.5) is 4.79 Å². The highest BCUT2D eigenvalue weighted by molar-refractivity contribution is 7.12. The Hall–Kier alpha value is -1.36. The molecule has 0 radical (unpaired) electrons. The van der Waals surface area contributed by atoms with Crippen molar-refractivity contribution in [2.45, 2.75) is 45.6 Å². The quantitative estimate of drug-likeness (QED) is 0.793. The molecule has 1 aromatic rings. The number of imide groups is 1. The van der Waals surface area contributed by atoms with E-state index in [9.17, 15) is 9.59 Å². The SMILES string of the molecule is Cc1ccc([C@H]2CC(=O)N(C(=O)OC(C)(C)C)C2)s1. The number of ether oxygens (including phenoxy) is 1. The molecule has 2 rings (SSSR count). The van der Waals surface area contributed by atoms with Crippen LogP contribution in [0.1, 0.15) is 42.9 Å². The molecule has 0 aromatic carbocycles. The van der Waals surface area contributed by atoms with Gasteiger partial charge in [-0.05, 0) is 39.8 Å². The van der Waals surface area contributed by atoms with Crippen LogP contribution < -0.4 is 0 Å². The van der Waals surface area contributed by atoms with Crippen LogP contribution in [0.15, 0.2) is 12.1 Å². The summed E-state index contributed by atoms with van der Waals surface area (Å²) in [7, 11) is 0. The van der Waals surface area contributed by atoms with Gasteiger partial charge in [0.05, 0.1) is 0 Å². The lowest BCUT2D eigenvalue weighted by molar-refractivity contribution is -0.126. The van der Waals surface area contributed by atoms with Gasteiger partial charge in [0.15, 0.2) is 0 Å². The normalized spacial score (nSPS) is 19.9. The standard InChI is InChI=1S/C14H19NO3S/c1-9-5-6-11(19-9)10-7-12(16)15(8-10)13(17)18-14(2,3)4/h5-6,10H,7-8H2,1-4H3/t10-/m0/s1. The van der Waals surface area contributed by atoms with Gasteiger partial charge in [0, 0.05) is 28.6 Å². The molecule has 2 heterocycles. The molecular formula is C14H19NO3S. The zero-order chi connectivity index (χ0) is 14.2. The van der Waals surface area contributed by atoms with Gasteiger partial charge >= 0.3 is 6.09 Å². The first kappa shape index (κ1) is 14.1. The van der Waals surface area contributed by atoms with Crippen molar-refractivity contribution in [2.24, 2.45) is 0 Å². The van der Waals surface area contributed by atoms with Crippen LogP contribution in [-0.2, 0) is 9.53 Å². The molecule has 0 saturated carbocycles. The van der Waals surface area contributed by atoms with Gasteiger partial charge < -0.3 is 4.74 Å². The van der Waals surface area contributed by atoms with E-state index in [0.717, 1.165) is 4.88 Å². The van der Waals surface area contributed by atoms with E-state index in [1.165, 1.54) is 9.78 Å². The van der Waals surface area contributed by atoms with Crippen LogP contribution in [-0.4, -0.2) is 29.0 Å². The highest BCUT2D eigenvalue weighted by atomic mass is 32.1. The average molecular weight is 281 g/mol. The number of thiophene rings is 1. The predicted molar refractivity (Wildman–Crippen MR) is 74.4 cm³/mol. The van der Waals surface area contributed by atoms with Gasteiger partial charge in [0.1, 0.15) is 5.60 Å². The number of rotatable bonds is 1. The summed E-state index contributed by atoms with van der Waals surface area (Å²) in [6.45, 7) is 7.85. The van der Waals surface area contributed by atoms with Crippen molar-refractivity contribution in [2.75, 3.05) is 6.54 Å². The molecular weight excluding hydrogens is 262 g/mol. The first-order chi connectivity index (χ1) is 8.76. The van der Waals surface area contributed by atoms with E-state index < -0.39 is 11.7 Å². The molecule has 1 fully saturated rings. The summed E-state index contributed by atoms with van der Waals surface area (Å²) in [6, 6.07) is 4.08. The Kier molecular flexibility index (Phi) is 3.67. The minimum atomic E-state index is -0.574. The second kappa shape index (κ2) is 4.96. The van der Waals surface area contributed by atoms with E-state index in [4.69, 9.17) is 4.74 Å². The molecule has 104 valence electrons. The van der Waals surface area contributed by atoms with Crippen molar-refractivity contribution < 1.29 is 14.3 Å². The van der Waals surface area contributed by atoms with Gasteiger partial charge in [0.2, 0.25) is 5.91 Å². The van der Waals surface area contributed by atoms with Crippen molar-refractivity contribution in [1.82, 2.24) is 4.90 Å². The molecule has 0 N–H and O–H groups in total. The molecule has 19 heavy (non-hydrogen) atoms. The Morgan fingerprint density at radius 1 is 1.42 bits per heavy atom. The average Bonchev–Trinajstić information content (AvgIpc) is 2.82. The molecule has 1 saturated heterocycles. The Morgan fingerprint density at radius 2 is 2.11 bits per heavy atom. The third-order valence-electron chi connectivity index (χ3n) is 2.90. The number of nitrogens with zero attached hydrogens (tertiary/aromatic N) is 1. The molecule has 0 unspecified atom stereocenters. The van der Waals surface area contributed by atoms with Gasteiger partial charge in [-0.2, -0.15) is 0 Å². The minimum absolute atomic E-state index is 0.110. The maximum absolute atomic E-state index is 11.9. The van der Waals surface area contributed by atoms with E-state index in [-0.39, 0.29) is 11.8 Å². The van der Waals surface area contributed by atoms with Crippen LogP contribution in [0.25, 0.3) is 0 Å². The number of amides is 2. The van der Waals surface area contributed by atoms with Crippen molar-refractivity contribution in [3.8, 4) is 0 Å². The Labute approximate surface area is 117 Å². The minimum Gasteiger partial charge on any atom is -0.443 e. The maximum Gasteiger partial charge on any atom is 0.417 e. The monoisotopic (exact) mass is 281 g/mol. The van der Waals surface area contributed by atoms with Gasteiger partial charge in [-0.3, -0.25) is 4.79 Å². The maximum atomic E-state index is 11.9. The molecule has 1 aliphatic rings. The van der Waals surface area contributed by atoms with Crippen LogP contribution in [0.2, 0.25) is 0 Å². The molecule has 1 aliphatic heterocycles. The zero-order valence-electron chi connectivity index (χ0n) is 11.7. The summed E-state index contributed by atoms with van der Waals surface area (Å²) in [4.78, 5) is 27.5. The summed E-state index contributed by atoms with van der Waals surface area (Å²) in [5, 5.41) is 0. The van der Waals surface area contributed by atoms with Crippen molar-refractivity contribution in [1.29, 1.82) is 0 Å². The summed E-state index contributed by atoms with van der Waals surface area (Å²) in [6.07, 6.45) is -0.146. The molecule has 0 spiro atoms. The molecule has 1 aromatic heterocycles. The third-order valence-corrected chi connectivity index (χ3v) is 4.07. The highest BCUT2D eigenvalue weighted by Crippen LogP contribution is 2.33. The van der Waals surface area contributed by atoms with E-state index >= 15 is 0 Å². The van der Waals surface area contributed by atoms with E-state index in [2.05, 4.69) is 0 Å². The number of carbonyl (C=O) groups excluding carboxylic acids is 2. The summed E-state index contributed by atoms with van der Waals surface area (Å²) < 4.78 is 5.25. The number of hydrogen-bond acceptors (Lipinski definition) is 4. The zero-order valence-corrected chi connectivity index (χ0v) is 12.5. The molecule has 4 nitrogen and oxygen atoms in total. The Balaban J connectivity index is 2.05. The molecule has 1 atom stereocenters. The highest BCUT2D eigenvalue weighted by Gasteiger charge is 2.37. The Morgan fingerprint density at radius 3 is 2.63 bits per heavy atom. The molecule has 0 aliphatic carbocycles. The number of likely N-dealkylation sites (tertiary alicyclic amines) is 1. The lowest BCUT2D eigenvalue weighted by Crippen LogP contribution is -2.37. The summed E-state index contributed by atoms with van der Waals surface area (Å²) in [5.41, 5.74) is -0.574. The van der Waals surface area contributed by atoms with E-state index in [1.807, 2.05) is 19.1 Å². The molecule has 0 bridgehead atoms. The number of aryl methyl sites for hydroxylation is 1. The smallest absolute Gasteiger partial charge is 0.417 e. The molecule has 2 amide bonds. The van der Waals surface area contributed by atoms with Gasteiger partial charge in [-0.1, -0.05) is 0 Å². The fraction of sp³-hybridized carbons (Fsp3) is 0.571. The van der Waals surface area contributed by atoms with Crippen molar-refractivity contribution in [3.63, 3.8) is 0 Å². The lowest BCUT2D eigenvalue weighted by atomic mass is 10.1. The van der Waals surface area contributed by atoms with E-state index in [0.29, 0.717) is 13.0 Å². The first-order valence-corrected chi connectivity index (χ1v) is 7.17. The van der Waals surface area contributed by atoms with Crippen LogP contribution in [0.3, 0.4) is 0 Å².